The minimum absolute atomic E-state index is 0.847. The van der Waals surface area contributed by atoms with Crippen molar-refractivity contribution in [2.75, 3.05) is 20.4 Å². The Hall–Kier alpha value is 0.01000. The van der Waals surface area contributed by atoms with Gasteiger partial charge in [-0.3, -0.25) is 4.57 Å². The summed E-state index contributed by atoms with van der Waals surface area (Å²) < 4.78 is 42.5. The average Bonchev–Trinajstić information content (AvgIpc) is 1.87. The first kappa shape index (κ1) is 10.0. The molecule has 0 bridgehead atoms. The smallest absolute Gasteiger partial charge is 0.312 e. The highest BCUT2D eigenvalue weighted by Gasteiger charge is 2.26. The van der Waals surface area contributed by atoms with Crippen molar-refractivity contribution in [3.05, 3.63) is 0 Å². The highest BCUT2D eigenvalue weighted by molar-refractivity contribution is 7.53. The van der Waals surface area contributed by atoms with Gasteiger partial charge in [0.05, 0.1) is 0 Å². The molecule has 0 saturated heterocycles. The van der Waals surface area contributed by atoms with Gasteiger partial charge in [0.25, 0.3) is 0 Å². The van der Waals surface area contributed by atoms with Crippen molar-refractivity contribution in [1.29, 1.82) is 0 Å². The van der Waals surface area contributed by atoms with E-state index in [9.17, 15) is 13.3 Å². The zero-order valence-electron chi connectivity index (χ0n) is 5.71. The monoisotopic (exact) mass is 174 g/mol. The van der Waals surface area contributed by atoms with Gasteiger partial charge in [0.15, 0.2) is 0 Å². The number of alkyl halides is 2. The largest absolute Gasteiger partial charge is 0.335 e. The number of halogens is 2. The van der Waals surface area contributed by atoms with E-state index in [0.29, 0.717) is 0 Å². The van der Waals surface area contributed by atoms with Crippen LogP contribution >= 0.6 is 7.60 Å². The molecule has 0 radical (unpaired) electrons. The fourth-order valence-electron chi connectivity index (χ4n) is 0.393. The summed E-state index contributed by atoms with van der Waals surface area (Å²) in [7, 11) is -1.34. The minimum atomic E-state index is -3.49. The Balaban J connectivity index is 3.94. The topological polar surface area (TPSA) is 35.5 Å². The molecule has 3 nitrogen and oxygen atoms in total. The second-order valence-electron chi connectivity index (χ2n) is 1.55. The highest BCUT2D eigenvalue weighted by atomic mass is 31.2. The second-order valence-corrected chi connectivity index (χ2v) is 3.87. The maximum absolute atomic E-state index is 11.6. The number of hydrogen-bond acceptors (Lipinski definition) is 3. The van der Waals surface area contributed by atoms with Crippen LogP contribution in [0.4, 0.5) is 8.78 Å². The molecule has 0 aliphatic carbocycles. The molecular formula is C4H9F2O3P. The summed E-state index contributed by atoms with van der Waals surface area (Å²) in [4.78, 5) is 0. The zero-order valence-corrected chi connectivity index (χ0v) is 6.61. The first-order valence-corrected chi connectivity index (χ1v) is 4.25. The van der Waals surface area contributed by atoms with E-state index in [0.717, 1.165) is 14.2 Å². The summed E-state index contributed by atoms with van der Waals surface area (Å²) in [6.07, 6.45) is -3.51. The Bertz CT molecular complexity index is 130. The predicted molar refractivity (Wildman–Crippen MR) is 32.5 cm³/mol. The predicted octanol–water partition coefficient (Wildman–Crippen LogP) is 1.74. The molecule has 0 aromatic heterocycles. The summed E-state index contributed by atoms with van der Waals surface area (Å²) in [5.41, 5.74) is 0. The Morgan fingerprint density at radius 2 is 1.80 bits per heavy atom. The Kier molecular flexibility index (Phi) is 4.01. The van der Waals surface area contributed by atoms with Crippen LogP contribution in [0.15, 0.2) is 0 Å². The molecular weight excluding hydrogens is 165 g/mol. The molecule has 0 aromatic rings. The summed E-state index contributed by atoms with van der Waals surface area (Å²) in [5.74, 6) is 0. The van der Waals surface area contributed by atoms with E-state index >= 15 is 0 Å². The molecule has 0 unspecified atom stereocenters. The Labute approximate surface area is 57.9 Å². The van der Waals surface area contributed by atoms with Gasteiger partial charge in [0.1, 0.15) is 6.16 Å². The van der Waals surface area contributed by atoms with Crippen LogP contribution < -0.4 is 0 Å². The van der Waals surface area contributed by atoms with Gasteiger partial charge in [0.2, 0.25) is 6.43 Å². The second kappa shape index (κ2) is 4.01. The van der Waals surface area contributed by atoms with E-state index in [-0.39, 0.29) is 0 Å². The van der Waals surface area contributed by atoms with Crippen molar-refractivity contribution in [2.45, 2.75) is 6.43 Å². The quantitative estimate of drug-likeness (QED) is 0.609. The lowest BCUT2D eigenvalue weighted by atomic mass is 10.9. The van der Waals surface area contributed by atoms with Crippen molar-refractivity contribution < 1.29 is 22.4 Å². The van der Waals surface area contributed by atoms with Crippen LogP contribution in [-0.4, -0.2) is 26.8 Å². The van der Waals surface area contributed by atoms with E-state index in [2.05, 4.69) is 9.05 Å². The lowest BCUT2D eigenvalue weighted by Gasteiger charge is -2.11. The molecule has 0 aliphatic heterocycles. The lowest BCUT2D eigenvalue weighted by molar-refractivity contribution is 0.159. The minimum Gasteiger partial charge on any atom is -0.312 e. The van der Waals surface area contributed by atoms with Gasteiger partial charge in [-0.25, -0.2) is 8.78 Å². The van der Waals surface area contributed by atoms with Crippen LogP contribution in [0.1, 0.15) is 0 Å². The maximum Gasteiger partial charge on any atom is 0.335 e. The van der Waals surface area contributed by atoms with Crippen LogP contribution in [0.2, 0.25) is 0 Å². The fourth-order valence-corrected chi connectivity index (χ4v) is 1.18. The molecule has 0 N–H and O–H groups in total. The molecule has 0 saturated carbocycles. The van der Waals surface area contributed by atoms with Gasteiger partial charge < -0.3 is 9.05 Å². The van der Waals surface area contributed by atoms with Gasteiger partial charge in [-0.1, -0.05) is 0 Å². The Morgan fingerprint density at radius 3 is 1.90 bits per heavy atom. The van der Waals surface area contributed by atoms with Crippen LogP contribution in [-0.2, 0) is 13.6 Å². The Morgan fingerprint density at radius 1 is 1.40 bits per heavy atom. The third kappa shape index (κ3) is 3.25. The normalized spacial score (nSPS) is 12.5. The van der Waals surface area contributed by atoms with Gasteiger partial charge in [-0.15, -0.1) is 0 Å². The molecule has 0 aliphatic rings. The molecule has 0 heterocycles. The molecule has 0 spiro atoms. The first-order valence-electron chi connectivity index (χ1n) is 2.53. The molecule has 6 heteroatoms. The SMILES string of the molecule is COP(=O)(CC(F)F)OC. The van der Waals surface area contributed by atoms with Crippen molar-refractivity contribution >= 4 is 7.60 Å². The van der Waals surface area contributed by atoms with Gasteiger partial charge in [-0.2, -0.15) is 0 Å². The fraction of sp³-hybridized carbons (Fsp3) is 1.00. The molecule has 0 rings (SSSR count). The molecule has 62 valence electrons. The average molecular weight is 174 g/mol. The standard InChI is InChI=1S/C4H9F2O3P/c1-8-10(7,9-2)3-4(5)6/h4H,3H2,1-2H3. The third-order valence-electron chi connectivity index (χ3n) is 0.918. The highest BCUT2D eigenvalue weighted by Crippen LogP contribution is 2.47. The van der Waals surface area contributed by atoms with Gasteiger partial charge in [0, 0.05) is 14.2 Å². The van der Waals surface area contributed by atoms with Crippen LogP contribution in [0, 0.1) is 0 Å². The first-order chi connectivity index (χ1) is 4.54. The van der Waals surface area contributed by atoms with Gasteiger partial charge in [-0.05, 0) is 0 Å². The maximum atomic E-state index is 11.6. The summed E-state index contributed by atoms with van der Waals surface area (Å²) in [6, 6.07) is 0. The van der Waals surface area contributed by atoms with E-state index in [4.69, 9.17) is 0 Å². The van der Waals surface area contributed by atoms with E-state index in [1.165, 1.54) is 0 Å². The van der Waals surface area contributed by atoms with Gasteiger partial charge >= 0.3 is 7.60 Å². The van der Waals surface area contributed by atoms with Crippen molar-refractivity contribution in [1.82, 2.24) is 0 Å². The van der Waals surface area contributed by atoms with E-state index in [1.807, 2.05) is 0 Å². The van der Waals surface area contributed by atoms with E-state index in [1.54, 1.807) is 0 Å². The van der Waals surface area contributed by atoms with Crippen molar-refractivity contribution in [3.63, 3.8) is 0 Å². The zero-order chi connectivity index (χ0) is 8.20. The molecule has 10 heavy (non-hydrogen) atoms. The number of rotatable bonds is 4. The number of hydrogen-bond donors (Lipinski definition) is 0. The summed E-state index contributed by atoms with van der Waals surface area (Å²) in [5, 5.41) is 0. The van der Waals surface area contributed by atoms with Crippen molar-refractivity contribution in [3.8, 4) is 0 Å². The summed E-state index contributed by atoms with van der Waals surface area (Å²) in [6.45, 7) is 0. The molecule has 0 aromatic carbocycles. The van der Waals surface area contributed by atoms with Crippen LogP contribution in [0.5, 0.6) is 0 Å². The molecule has 0 fully saturated rings. The van der Waals surface area contributed by atoms with Crippen LogP contribution in [0.3, 0.4) is 0 Å². The molecule has 0 amide bonds. The van der Waals surface area contributed by atoms with Crippen LogP contribution in [0.25, 0.3) is 0 Å². The van der Waals surface area contributed by atoms with Crippen molar-refractivity contribution in [2.24, 2.45) is 0 Å². The molecule has 0 atom stereocenters. The lowest BCUT2D eigenvalue weighted by Crippen LogP contribution is -2.03. The third-order valence-corrected chi connectivity index (χ3v) is 2.75. The van der Waals surface area contributed by atoms with E-state index < -0.39 is 20.2 Å². The summed E-state index contributed by atoms with van der Waals surface area (Å²) >= 11 is 0.